The molecule has 1 aliphatic heterocycles. The number of nitrogens with one attached hydrogen (secondary N) is 2. The van der Waals surface area contributed by atoms with Gasteiger partial charge in [0, 0.05) is 24.8 Å². The van der Waals surface area contributed by atoms with Gasteiger partial charge in [0.15, 0.2) is 0 Å². The SMILES string of the molecule is CSCCc1ccc(NC(=O)NC[C@H]2CCOC2)cc1. The maximum Gasteiger partial charge on any atom is 0.319 e. The molecule has 5 heteroatoms. The molecule has 1 fully saturated rings. The fourth-order valence-corrected chi connectivity index (χ4v) is 2.57. The van der Waals surface area contributed by atoms with Gasteiger partial charge in [0.05, 0.1) is 6.61 Å². The van der Waals surface area contributed by atoms with Crippen molar-refractivity contribution in [1.29, 1.82) is 0 Å². The van der Waals surface area contributed by atoms with Gasteiger partial charge in [-0.05, 0) is 42.5 Å². The highest BCUT2D eigenvalue weighted by atomic mass is 32.2. The second-order valence-corrected chi connectivity index (χ2v) is 5.99. The molecule has 0 aliphatic carbocycles. The molecule has 0 radical (unpaired) electrons. The van der Waals surface area contributed by atoms with Crippen LogP contribution < -0.4 is 10.6 Å². The zero-order valence-electron chi connectivity index (χ0n) is 11.9. The first-order valence-electron chi connectivity index (χ1n) is 6.98. The quantitative estimate of drug-likeness (QED) is 0.848. The third-order valence-electron chi connectivity index (χ3n) is 3.38. The molecule has 0 spiro atoms. The molecule has 0 saturated carbocycles. The molecule has 1 aromatic carbocycles. The Bertz CT molecular complexity index is 416. The summed E-state index contributed by atoms with van der Waals surface area (Å²) in [7, 11) is 0. The van der Waals surface area contributed by atoms with Crippen LogP contribution in [0.2, 0.25) is 0 Å². The Morgan fingerprint density at radius 3 is 2.85 bits per heavy atom. The van der Waals surface area contributed by atoms with E-state index >= 15 is 0 Å². The van der Waals surface area contributed by atoms with Crippen molar-refractivity contribution in [1.82, 2.24) is 5.32 Å². The van der Waals surface area contributed by atoms with Crippen molar-refractivity contribution < 1.29 is 9.53 Å². The van der Waals surface area contributed by atoms with E-state index in [0.717, 1.165) is 37.5 Å². The summed E-state index contributed by atoms with van der Waals surface area (Å²) < 4.78 is 5.28. The Labute approximate surface area is 124 Å². The number of anilines is 1. The summed E-state index contributed by atoms with van der Waals surface area (Å²) in [4.78, 5) is 11.8. The predicted octanol–water partition coefficient (Wildman–Crippen LogP) is 2.75. The number of amides is 2. The molecule has 0 aromatic heterocycles. The Hall–Kier alpha value is -1.20. The normalized spacial score (nSPS) is 17.9. The van der Waals surface area contributed by atoms with Gasteiger partial charge in [-0.25, -0.2) is 4.79 Å². The number of carbonyl (C=O) groups excluding carboxylic acids is 1. The zero-order valence-corrected chi connectivity index (χ0v) is 12.7. The van der Waals surface area contributed by atoms with E-state index in [1.807, 2.05) is 23.9 Å². The molecule has 1 aliphatic rings. The molecule has 2 rings (SSSR count). The fraction of sp³-hybridized carbons (Fsp3) is 0.533. The summed E-state index contributed by atoms with van der Waals surface area (Å²) in [6, 6.07) is 7.89. The summed E-state index contributed by atoms with van der Waals surface area (Å²) in [5.74, 6) is 1.58. The minimum absolute atomic E-state index is 0.145. The minimum atomic E-state index is -0.145. The summed E-state index contributed by atoms with van der Waals surface area (Å²) in [6.45, 7) is 2.24. The summed E-state index contributed by atoms with van der Waals surface area (Å²) in [6.07, 6.45) is 4.20. The van der Waals surface area contributed by atoms with E-state index in [2.05, 4.69) is 29.0 Å². The third-order valence-corrected chi connectivity index (χ3v) is 3.99. The molecule has 0 bridgehead atoms. The van der Waals surface area contributed by atoms with Gasteiger partial charge >= 0.3 is 6.03 Å². The van der Waals surface area contributed by atoms with Crippen LogP contribution in [0.25, 0.3) is 0 Å². The van der Waals surface area contributed by atoms with Crippen molar-refractivity contribution in [3.05, 3.63) is 29.8 Å². The highest BCUT2D eigenvalue weighted by Crippen LogP contribution is 2.12. The van der Waals surface area contributed by atoms with Gasteiger partial charge < -0.3 is 15.4 Å². The van der Waals surface area contributed by atoms with E-state index in [1.54, 1.807) is 0 Å². The average molecular weight is 294 g/mol. The van der Waals surface area contributed by atoms with Gasteiger partial charge in [-0.2, -0.15) is 11.8 Å². The number of hydrogen-bond donors (Lipinski definition) is 2. The number of benzene rings is 1. The van der Waals surface area contributed by atoms with Crippen LogP contribution >= 0.6 is 11.8 Å². The first-order valence-corrected chi connectivity index (χ1v) is 8.38. The molecule has 2 amide bonds. The highest BCUT2D eigenvalue weighted by Gasteiger charge is 2.16. The van der Waals surface area contributed by atoms with Crippen LogP contribution in [0.4, 0.5) is 10.5 Å². The first kappa shape index (κ1) is 15.2. The highest BCUT2D eigenvalue weighted by molar-refractivity contribution is 7.98. The van der Waals surface area contributed by atoms with Crippen LogP contribution in [0.15, 0.2) is 24.3 Å². The summed E-state index contributed by atoms with van der Waals surface area (Å²) in [5, 5.41) is 5.74. The zero-order chi connectivity index (χ0) is 14.2. The predicted molar refractivity (Wildman–Crippen MR) is 84.5 cm³/mol. The van der Waals surface area contributed by atoms with E-state index in [0.29, 0.717) is 12.5 Å². The Balaban J connectivity index is 1.72. The molecular weight excluding hydrogens is 272 g/mol. The minimum Gasteiger partial charge on any atom is -0.381 e. The van der Waals surface area contributed by atoms with Gasteiger partial charge in [0.2, 0.25) is 0 Å². The van der Waals surface area contributed by atoms with Gasteiger partial charge in [-0.15, -0.1) is 0 Å². The van der Waals surface area contributed by atoms with E-state index in [1.165, 1.54) is 5.56 Å². The lowest BCUT2D eigenvalue weighted by Crippen LogP contribution is -2.33. The Morgan fingerprint density at radius 2 is 2.20 bits per heavy atom. The van der Waals surface area contributed by atoms with Crippen molar-refractivity contribution in [3.8, 4) is 0 Å². The number of urea groups is 1. The monoisotopic (exact) mass is 294 g/mol. The molecule has 4 nitrogen and oxygen atoms in total. The third kappa shape index (κ3) is 5.06. The van der Waals surface area contributed by atoms with Gasteiger partial charge in [-0.1, -0.05) is 12.1 Å². The number of aryl methyl sites for hydroxylation is 1. The standard InChI is InChI=1S/C15H22N2O2S/c1-20-9-7-12-2-4-14(5-3-12)17-15(18)16-10-13-6-8-19-11-13/h2-5,13H,6-11H2,1H3,(H2,16,17,18)/t13-/m1/s1. The average Bonchev–Trinajstić information content (AvgIpc) is 2.98. The van der Waals surface area contributed by atoms with Crippen LogP contribution in [-0.4, -0.2) is 37.8 Å². The molecule has 20 heavy (non-hydrogen) atoms. The topological polar surface area (TPSA) is 50.4 Å². The Morgan fingerprint density at radius 1 is 1.40 bits per heavy atom. The Kier molecular flexibility index (Phi) is 6.21. The van der Waals surface area contributed by atoms with Gasteiger partial charge in [0.25, 0.3) is 0 Å². The van der Waals surface area contributed by atoms with Crippen LogP contribution in [0.3, 0.4) is 0 Å². The maximum absolute atomic E-state index is 11.8. The number of thioether (sulfide) groups is 1. The van der Waals surface area contributed by atoms with E-state index in [9.17, 15) is 4.79 Å². The summed E-state index contributed by atoms with van der Waals surface area (Å²) in [5.41, 5.74) is 2.13. The van der Waals surface area contributed by atoms with E-state index in [4.69, 9.17) is 4.74 Å². The van der Waals surface area contributed by atoms with Crippen molar-refractivity contribution in [3.63, 3.8) is 0 Å². The molecule has 110 valence electrons. The number of ether oxygens (including phenoxy) is 1. The van der Waals surface area contributed by atoms with Crippen molar-refractivity contribution >= 4 is 23.5 Å². The van der Waals surface area contributed by atoms with Gasteiger partial charge in [0.1, 0.15) is 0 Å². The fourth-order valence-electron chi connectivity index (χ4n) is 2.13. The molecule has 1 saturated heterocycles. The van der Waals surface area contributed by atoms with E-state index in [-0.39, 0.29) is 6.03 Å². The van der Waals surface area contributed by atoms with Crippen molar-refractivity contribution in [2.75, 3.05) is 37.1 Å². The van der Waals surface area contributed by atoms with Gasteiger partial charge in [-0.3, -0.25) is 0 Å². The molecule has 1 atom stereocenters. The second kappa shape index (κ2) is 8.17. The largest absolute Gasteiger partial charge is 0.381 e. The lowest BCUT2D eigenvalue weighted by Gasteiger charge is -2.11. The number of rotatable bonds is 6. The van der Waals surface area contributed by atoms with Crippen molar-refractivity contribution in [2.24, 2.45) is 5.92 Å². The molecule has 1 aromatic rings. The first-order chi connectivity index (χ1) is 9.78. The van der Waals surface area contributed by atoms with E-state index < -0.39 is 0 Å². The summed E-state index contributed by atoms with van der Waals surface area (Å²) >= 11 is 1.84. The molecular formula is C15H22N2O2S. The van der Waals surface area contributed by atoms with Crippen molar-refractivity contribution in [2.45, 2.75) is 12.8 Å². The number of carbonyl (C=O) groups is 1. The smallest absolute Gasteiger partial charge is 0.319 e. The molecule has 2 N–H and O–H groups in total. The van der Waals surface area contributed by atoms with Crippen LogP contribution in [0.1, 0.15) is 12.0 Å². The maximum atomic E-state index is 11.8. The number of hydrogen-bond acceptors (Lipinski definition) is 3. The molecule has 1 heterocycles. The van der Waals surface area contributed by atoms with Crippen LogP contribution in [0, 0.1) is 5.92 Å². The lowest BCUT2D eigenvalue weighted by molar-refractivity contribution is 0.185. The second-order valence-electron chi connectivity index (χ2n) is 5.00. The van der Waals surface area contributed by atoms with Crippen LogP contribution in [0.5, 0.6) is 0 Å². The molecule has 0 unspecified atom stereocenters. The van der Waals surface area contributed by atoms with Crippen LogP contribution in [-0.2, 0) is 11.2 Å². The lowest BCUT2D eigenvalue weighted by atomic mass is 10.1.